The predicted octanol–water partition coefficient (Wildman–Crippen LogP) is 1.65. The van der Waals surface area contributed by atoms with Crippen LogP contribution in [0, 0.1) is 20.8 Å². The second-order valence-electron chi connectivity index (χ2n) is 4.03. The molecule has 7 nitrogen and oxygen atoms in total. The van der Waals surface area contributed by atoms with Crippen LogP contribution in [0.1, 0.15) is 27.6 Å². The summed E-state index contributed by atoms with van der Waals surface area (Å²) in [5.41, 5.74) is 2.01. The van der Waals surface area contributed by atoms with E-state index in [0.717, 1.165) is 0 Å². The number of aromatic nitrogens is 3. The van der Waals surface area contributed by atoms with E-state index in [2.05, 4.69) is 20.4 Å². The van der Waals surface area contributed by atoms with Crippen molar-refractivity contribution in [1.29, 1.82) is 0 Å². The van der Waals surface area contributed by atoms with Gasteiger partial charge in [-0.25, -0.2) is 0 Å². The van der Waals surface area contributed by atoms with Crippen molar-refractivity contribution in [2.45, 2.75) is 20.8 Å². The molecule has 0 atom stereocenters. The number of hydrogen-bond acceptors (Lipinski definition) is 6. The molecule has 0 fully saturated rings. The van der Waals surface area contributed by atoms with Gasteiger partial charge in [-0.2, -0.15) is 9.97 Å². The molecule has 1 N–H and O–H groups in total. The Kier molecular flexibility index (Phi) is 3.46. The van der Waals surface area contributed by atoms with Gasteiger partial charge in [0.2, 0.25) is 0 Å². The van der Waals surface area contributed by atoms with Crippen LogP contribution in [0.25, 0.3) is 0 Å². The molecule has 0 saturated heterocycles. The van der Waals surface area contributed by atoms with Gasteiger partial charge in [0.25, 0.3) is 5.91 Å². The third-order valence-electron chi connectivity index (χ3n) is 2.53. The fourth-order valence-corrected chi connectivity index (χ4v) is 1.61. The summed E-state index contributed by atoms with van der Waals surface area (Å²) in [6.07, 6.45) is 0. The number of methoxy groups -OCH3 is 1. The number of nitrogens with one attached hydrogen (secondary N) is 1. The van der Waals surface area contributed by atoms with Crippen molar-refractivity contribution in [2.24, 2.45) is 0 Å². The number of hydrogen-bond donors (Lipinski definition) is 1. The van der Waals surface area contributed by atoms with Crippen molar-refractivity contribution < 1.29 is 14.1 Å². The third kappa shape index (κ3) is 2.70. The average molecular weight is 262 g/mol. The van der Waals surface area contributed by atoms with Gasteiger partial charge in [0.15, 0.2) is 5.69 Å². The molecule has 7 heteroatoms. The standard InChI is InChI=1S/C12H14N4O3/c1-6-5-9(16-19-6)11(17)15-10-7(2)13-12(18-4)14-8(10)3/h5H,1-4H3,(H,15,17). The van der Waals surface area contributed by atoms with Gasteiger partial charge in [0.1, 0.15) is 5.76 Å². The number of amides is 1. The minimum atomic E-state index is -0.364. The highest BCUT2D eigenvalue weighted by molar-refractivity contribution is 6.03. The van der Waals surface area contributed by atoms with Gasteiger partial charge < -0.3 is 14.6 Å². The second kappa shape index (κ2) is 5.05. The normalized spacial score (nSPS) is 10.3. The summed E-state index contributed by atoms with van der Waals surface area (Å²) in [5.74, 6) is 0.210. The number of nitrogens with zero attached hydrogens (tertiary/aromatic N) is 3. The Balaban J connectivity index is 2.26. The average Bonchev–Trinajstić information content (AvgIpc) is 2.80. The molecule has 1 amide bonds. The van der Waals surface area contributed by atoms with Gasteiger partial charge in [0.05, 0.1) is 24.2 Å². The first-order valence-corrected chi connectivity index (χ1v) is 5.65. The molecule has 0 aromatic carbocycles. The highest BCUT2D eigenvalue weighted by Crippen LogP contribution is 2.20. The molecule has 0 aliphatic carbocycles. The van der Waals surface area contributed by atoms with Crippen molar-refractivity contribution in [1.82, 2.24) is 15.1 Å². The lowest BCUT2D eigenvalue weighted by molar-refractivity contribution is 0.101. The third-order valence-corrected chi connectivity index (χ3v) is 2.53. The first-order valence-electron chi connectivity index (χ1n) is 5.65. The van der Waals surface area contributed by atoms with Crippen LogP contribution in [0.3, 0.4) is 0 Å². The van der Waals surface area contributed by atoms with E-state index in [0.29, 0.717) is 22.8 Å². The van der Waals surface area contributed by atoms with Crippen LogP contribution in [-0.4, -0.2) is 28.1 Å². The van der Waals surface area contributed by atoms with Crippen LogP contribution >= 0.6 is 0 Å². The zero-order valence-electron chi connectivity index (χ0n) is 11.1. The molecule has 19 heavy (non-hydrogen) atoms. The molecule has 0 aliphatic rings. The van der Waals surface area contributed by atoms with Crippen LogP contribution in [0.5, 0.6) is 6.01 Å². The Morgan fingerprint density at radius 1 is 1.26 bits per heavy atom. The maximum Gasteiger partial charge on any atom is 0.316 e. The highest BCUT2D eigenvalue weighted by atomic mass is 16.5. The first-order chi connectivity index (χ1) is 9.01. The summed E-state index contributed by atoms with van der Waals surface area (Å²) in [6.45, 7) is 5.25. The van der Waals surface area contributed by atoms with Crippen LogP contribution < -0.4 is 10.1 Å². The first kappa shape index (κ1) is 13.0. The van der Waals surface area contributed by atoms with Crippen molar-refractivity contribution in [3.8, 4) is 6.01 Å². The van der Waals surface area contributed by atoms with Crippen molar-refractivity contribution in [3.05, 3.63) is 28.9 Å². The minimum Gasteiger partial charge on any atom is -0.467 e. The predicted molar refractivity (Wildman–Crippen MR) is 67.3 cm³/mol. The van der Waals surface area contributed by atoms with Gasteiger partial charge in [-0.3, -0.25) is 4.79 Å². The maximum absolute atomic E-state index is 12.0. The van der Waals surface area contributed by atoms with Crippen LogP contribution in [0.4, 0.5) is 5.69 Å². The monoisotopic (exact) mass is 262 g/mol. The molecule has 0 bridgehead atoms. The number of aryl methyl sites for hydroxylation is 3. The Morgan fingerprint density at radius 3 is 2.37 bits per heavy atom. The molecule has 0 aliphatic heterocycles. The molecule has 100 valence electrons. The van der Waals surface area contributed by atoms with E-state index in [-0.39, 0.29) is 17.6 Å². The van der Waals surface area contributed by atoms with E-state index >= 15 is 0 Å². The van der Waals surface area contributed by atoms with Crippen LogP contribution in [-0.2, 0) is 0 Å². The minimum absolute atomic E-state index is 0.215. The summed E-state index contributed by atoms with van der Waals surface area (Å²) in [4.78, 5) is 20.2. The lowest BCUT2D eigenvalue weighted by atomic mass is 10.2. The molecule has 0 unspecified atom stereocenters. The summed E-state index contributed by atoms with van der Waals surface area (Å²) >= 11 is 0. The number of carbonyl (C=O) groups is 1. The highest BCUT2D eigenvalue weighted by Gasteiger charge is 2.15. The van der Waals surface area contributed by atoms with Gasteiger partial charge >= 0.3 is 6.01 Å². The van der Waals surface area contributed by atoms with Crippen LogP contribution in [0.2, 0.25) is 0 Å². The van der Waals surface area contributed by atoms with Gasteiger partial charge in [0, 0.05) is 6.07 Å². The van der Waals surface area contributed by atoms with Gasteiger partial charge in [-0.15, -0.1) is 0 Å². The van der Waals surface area contributed by atoms with E-state index in [4.69, 9.17) is 9.26 Å². The molecule has 2 aromatic heterocycles. The molecule has 2 rings (SSSR count). The second-order valence-corrected chi connectivity index (χ2v) is 4.03. The Hall–Kier alpha value is -2.44. The van der Waals surface area contributed by atoms with E-state index in [1.54, 1.807) is 26.8 Å². The number of anilines is 1. The van der Waals surface area contributed by atoms with E-state index < -0.39 is 0 Å². The fraction of sp³-hybridized carbons (Fsp3) is 0.333. The lowest BCUT2D eigenvalue weighted by Gasteiger charge is -2.10. The van der Waals surface area contributed by atoms with E-state index in [9.17, 15) is 4.79 Å². The Bertz CT molecular complexity index is 598. The zero-order valence-corrected chi connectivity index (χ0v) is 11.1. The van der Waals surface area contributed by atoms with Gasteiger partial charge in [-0.05, 0) is 20.8 Å². The molecule has 0 saturated carbocycles. The smallest absolute Gasteiger partial charge is 0.316 e. The molecule has 0 spiro atoms. The SMILES string of the molecule is COc1nc(C)c(NC(=O)c2cc(C)on2)c(C)n1. The molecule has 0 radical (unpaired) electrons. The summed E-state index contributed by atoms with van der Waals surface area (Å²) in [7, 11) is 1.49. The van der Waals surface area contributed by atoms with Gasteiger partial charge in [-0.1, -0.05) is 5.16 Å². The summed E-state index contributed by atoms with van der Waals surface area (Å²) < 4.78 is 9.82. The summed E-state index contributed by atoms with van der Waals surface area (Å²) in [6, 6.07) is 1.83. The fourth-order valence-electron chi connectivity index (χ4n) is 1.61. The molecular formula is C12H14N4O3. The van der Waals surface area contributed by atoms with E-state index in [1.807, 2.05) is 0 Å². The zero-order chi connectivity index (χ0) is 14.0. The van der Waals surface area contributed by atoms with Crippen LogP contribution in [0.15, 0.2) is 10.6 Å². The van der Waals surface area contributed by atoms with Crippen molar-refractivity contribution in [3.63, 3.8) is 0 Å². The largest absolute Gasteiger partial charge is 0.467 e. The Morgan fingerprint density at radius 2 is 1.89 bits per heavy atom. The summed E-state index contributed by atoms with van der Waals surface area (Å²) in [5, 5.41) is 6.37. The topological polar surface area (TPSA) is 90.1 Å². The number of ether oxygens (including phenoxy) is 1. The molecular weight excluding hydrogens is 248 g/mol. The van der Waals surface area contributed by atoms with Crippen molar-refractivity contribution in [2.75, 3.05) is 12.4 Å². The maximum atomic E-state index is 12.0. The molecule has 2 aromatic rings. The quantitative estimate of drug-likeness (QED) is 0.904. The lowest BCUT2D eigenvalue weighted by Crippen LogP contribution is -2.15. The number of rotatable bonds is 3. The van der Waals surface area contributed by atoms with E-state index in [1.165, 1.54) is 7.11 Å². The Labute approximate surface area is 110 Å². The van der Waals surface area contributed by atoms with Crippen molar-refractivity contribution >= 4 is 11.6 Å². The number of carbonyl (C=O) groups excluding carboxylic acids is 1. The molecule has 2 heterocycles.